The molecule has 0 saturated carbocycles. The summed E-state index contributed by atoms with van der Waals surface area (Å²) in [5, 5.41) is 0.309. The molecular weight excluding hydrogens is 480 g/mol. The van der Waals surface area contributed by atoms with Crippen molar-refractivity contribution in [1.82, 2.24) is 0 Å². The molecule has 0 fully saturated rings. The first-order chi connectivity index (χ1) is 26.1. The third-order valence-electron chi connectivity index (χ3n) is 7.21. The normalized spacial score (nSPS) is 16.8. The van der Waals surface area contributed by atoms with E-state index in [4.69, 9.17) is 13.7 Å². The molecule has 8 rings (SSSR count). The number of fused-ring (bicyclic) bond motifs is 4. The molecule has 0 saturated heterocycles. The first-order valence-electron chi connectivity index (χ1n) is 20.1. The molecule has 0 aliphatic rings. The van der Waals surface area contributed by atoms with E-state index in [1.165, 1.54) is 0 Å². The van der Waals surface area contributed by atoms with E-state index < -0.39 is 107 Å². The molecule has 0 spiro atoms. The van der Waals surface area contributed by atoms with Crippen LogP contribution in [0.4, 0.5) is 0 Å². The lowest BCUT2D eigenvalue weighted by Gasteiger charge is -2.19. The molecule has 0 N–H and O–H groups in total. The maximum atomic E-state index is 9.26. The average Bonchev–Trinajstić information content (AvgIpc) is 3.19. The second kappa shape index (κ2) is 9.22. The van der Waals surface area contributed by atoms with Crippen molar-refractivity contribution < 1.29 is 20.6 Å². The molecule has 8 aromatic carbocycles. The molecule has 0 amide bonds. The van der Waals surface area contributed by atoms with Crippen molar-refractivity contribution >= 4 is 43.1 Å². The smallest absolute Gasteiger partial charge is 0.0616 e. The molecule has 0 nitrogen and oxygen atoms in total. The van der Waals surface area contributed by atoms with Gasteiger partial charge in [-0.2, -0.15) is 0 Å². The summed E-state index contributed by atoms with van der Waals surface area (Å²) in [6.07, 6.45) is 0. The Morgan fingerprint density at radius 2 is 0.875 bits per heavy atom. The van der Waals surface area contributed by atoms with E-state index in [0.29, 0.717) is 5.56 Å². The molecule has 0 heterocycles. The minimum atomic E-state index is -0.747. The van der Waals surface area contributed by atoms with Gasteiger partial charge in [-0.3, -0.25) is 0 Å². The Kier molecular flexibility index (Phi) is 2.84. The molecule has 0 aliphatic carbocycles. The van der Waals surface area contributed by atoms with Crippen LogP contribution in [0.25, 0.3) is 76.5 Å². The van der Waals surface area contributed by atoms with Gasteiger partial charge in [-0.15, -0.1) is 0 Å². The van der Waals surface area contributed by atoms with Gasteiger partial charge in [0.2, 0.25) is 0 Å². The molecule has 0 aliphatic heterocycles. The summed E-state index contributed by atoms with van der Waals surface area (Å²) >= 11 is 0. The van der Waals surface area contributed by atoms with Crippen LogP contribution < -0.4 is 0 Å². The van der Waals surface area contributed by atoms with Gasteiger partial charge in [0.25, 0.3) is 0 Å². The first-order valence-corrected chi connectivity index (χ1v) is 12.6. The van der Waals surface area contributed by atoms with E-state index in [1.54, 1.807) is 12.1 Å². The average molecular weight is 522 g/mol. The van der Waals surface area contributed by atoms with Gasteiger partial charge in [0.1, 0.15) is 0 Å². The molecule has 0 heteroatoms. The summed E-state index contributed by atoms with van der Waals surface area (Å²) < 4.78 is 133. The highest BCUT2D eigenvalue weighted by Crippen LogP contribution is 2.45. The van der Waals surface area contributed by atoms with Gasteiger partial charge in [0, 0.05) is 0 Å². The Labute approximate surface area is 254 Å². The summed E-state index contributed by atoms with van der Waals surface area (Å²) in [7, 11) is 0. The fourth-order valence-electron chi connectivity index (χ4n) is 5.46. The van der Waals surface area contributed by atoms with Crippen LogP contribution in [-0.2, 0) is 0 Å². The second-order valence-electron chi connectivity index (χ2n) is 9.35. The highest BCUT2D eigenvalue weighted by molar-refractivity contribution is 6.23. The van der Waals surface area contributed by atoms with Crippen LogP contribution in [0.2, 0.25) is 0 Å². The van der Waals surface area contributed by atoms with Gasteiger partial charge >= 0.3 is 0 Å². The Hall–Kier alpha value is -5.20. The predicted molar refractivity (Wildman–Crippen MR) is 173 cm³/mol. The topological polar surface area (TPSA) is 0 Å². The molecule has 0 radical (unpaired) electrons. The Balaban J connectivity index is 1.63. The zero-order valence-electron chi connectivity index (χ0n) is 35.9. The minimum Gasteiger partial charge on any atom is -0.0616 e. The lowest BCUT2D eigenvalue weighted by Crippen LogP contribution is -1.91. The van der Waals surface area contributed by atoms with Crippen LogP contribution in [0.15, 0.2) is 157 Å². The maximum Gasteiger partial charge on any atom is 0.0629 e. The predicted octanol–water partition coefficient (Wildman–Crippen LogP) is 11.3. The van der Waals surface area contributed by atoms with Gasteiger partial charge in [0.15, 0.2) is 0 Å². The number of hydrogen-bond donors (Lipinski definition) is 0. The van der Waals surface area contributed by atoms with E-state index >= 15 is 0 Å². The van der Waals surface area contributed by atoms with Crippen molar-refractivity contribution in [2.45, 2.75) is 0 Å². The largest absolute Gasteiger partial charge is 0.0629 e. The SMILES string of the molecule is [2H]c1c([2H])c([2H])c2c(-c3c4c([2H])c([2H])c([2H])c([2H])c4c(-c4ccc(-c5cccc6ccccc56)cc4)c4c([2H])c([2H])c([2H])c([2H])c34)c([2H])c([2H])c([2H])c2c1[2H]. The van der Waals surface area contributed by atoms with Gasteiger partial charge < -0.3 is 0 Å². The third kappa shape index (κ3) is 3.54. The maximum absolute atomic E-state index is 9.26. The summed E-state index contributed by atoms with van der Waals surface area (Å²) in [5.41, 5.74) is 1.37. The third-order valence-corrected chi connectivity index (χ3v) is 7.21. The van der Waals surface area contributed by atoms with Crippen molar-refractivity contribution in [2.24, 2.45) is 0 Å². The van der Waals surface area contributed by atoms with Crippen LogP contribution in [0.3, 0.4) is 0 Å². The van der Waals surface area contributed by atoms with Crippen molar-refractivity contribution in [2.75, 3.05) is 0 Å². The molecular formula is C40H26. The van der Waals surface area contributed by atoms with E-state index in [1.807, 2.05) is 54.6 Å². The van der Waals surface area contributed by atoms with E-state index in [2.05, 4.69) is 0 Å². The van der Waals surface area contributed by atoms with Crippen LogP contribution in [0, 0.1) is 0 Å². The molecule has 186 valence electrons. The molecule has 0 atom stereocenters. The van der Waals surface area contributed by atoms with E-state index in [9.17, 15) is 6.85 Å². The zero-order chi connectivity index (χ0) is 39.5. The lowest BCUT2D eigenvalue weighted by atomic mass is 9.84. The number of benzene rings is 8. The fourth-order valence-corrected chi connectivity index (χ4v) is 5.46. The van der Waals surface area contributed by atoms with E-state index in [0.717, 1.165) is 21.9 Å². The van der Waals surface area contributed by atoms with Crippen molar-refractivity contribution in [1.29, 1.82) is 0 Å². The summed E-state index contributed by atoms with van der Waals surface area (Å²) in [4.78, 5) is 0. The number of rotatable bonds is 3. The Morgan fingerprint density at radius 3 is 1.60 bits per heavy atom. The molecule has 40 heavy (non-hydrogen) atoms. The second-order valence-corrected chi connectivity index (χ2v) is 9.35. The van der Waals surface area contributed by atoms with Crippen LogP contribution >= 0.6 is 0 Å². The standard InChI is InChI=1S/C40H26/c1-3-15-31-27(11-1)13-9-21-32(31)29-23-25-30(26-24-29)39-35-17-5-7-19-37(35)40(38-20-8-6-18-36(38)39)34-22-10-14-28-12-2-4-16-33(28)34/h1-26H/i2D,4D,5D,6D,7D,8D,10D,12D,14D,16D,17D,18D,19D,20D,22D. The van der Waals surface area contributed by atoms with Crippen LogP contribution in [-0.4, -0.2) is 0 Å². The highest BCUT2D eigenvalue weighted by Gasteiger charge is 2.17. The Bertz CT molecular complexity index is 2930. The lowest BCUT2D eigenvalue weighted by molar-refractivity contribution is 1.63. The number of hydrogen-bond acceptors (Lipinski definition) is 0. The van der Waals surface area contributed by atoms with E-state index in [-0.39, 0.29) is 32.7 Å². The van der Waals surface area contributed by atoms with Crippen molar-refractivity contribution in [3.8, 4) is 33.4 Å². The quantitative estimate of drug-likeness (QED) is 0.203. The van der Waals surface area contributed by atoms with Gasteiger partial charge in [-0.05, 0) is 76.5 Å². The molecule has 0 unspecified atom stereocenters. The van der Waals surface area contributed by atoms with Crippen LogP contribution in [0.1, 0.15) is 20.6 Å². The molecule has 0 bridgehead atoms. The van der Waals surface area contributed by atoms with Gasteiger partial charge in [0.05, 0.1) is 20.6 Å². The first kappa shape index (κ1) is 12.3. The monoisotopic (exact) mass is 521 g/mol. The molecule has 8 aromatic rings. The summed E-state index contributed by atoms with van der Waals surface area (Å²) in [6.45, 7) is 0. The van der Waals surface area contributed by atoms with Gasteiger partial charge in [-0.25, -0.2) is 0 Å². The van der Waals surface area contributed by atoms with Crippen LogP contribution in [0.5, 0.6) is 0 Å². The zero-order valence-corrected chi connectivity index (χ0v) is 20.9. The summed E-state index contributed by atoms with van der Waals surface area (Å²) in [5.74, 6) is 0. The summed E-state index contributed by atoms with van der Waals surface area (Å²) in [6, 6.07) is 10.8. The van der Waals surface area contributed by atoms with Crippen molar-refractivity contribution in [3.63, 3.8) is 0 Å². The van der Waals surface area contributed by atoms with Gasteiger partial charge in [-0.1, -0.05) is 157 Å². The van der Waals surface area contributed by atoms with Crippen molar-refractivity contribution in [3.05, 3.63) is 157 Å². The Morgan fingerprint density at radius 1 is 0.325 bits per heavy atom. The fraction of sp³-hybridized carbons (Fsp3) is 0. The highest BCUT2D eigenvalue weighted by atomic mass is 14.2. The minimum absolute atomic E-state index is 0.0539. The molecule has 0 aromatic heterocycles.